The average molecular weight is 648 g/mol. The maximum Gasteiger partial charge on any atom is 0.220 e. The molecule has 0 aromatic carbocycles. The number of rotatable bonds is 37. The first-order valence-electron chi connectivity index (χ1n) is 20.6. The summed E-state index contributed by atoms with van der Waals surface area (Å²) >= 11 is 0. The molecule has 0 bridgehead atoms. The summed E-state index contributed by atoms with van der Waals surface area (Å²) in [7, 11) is 0. The van der Waals surface area contributed by atoms with Gasteiger partial charge in [-0.15, -0.1) is 0 Å². The van der Waals surface area contributed by atoms with Gasteiger partial charge >= 0.3 is 0 Å². The van der Waals surface area contributed by atoms with Crippen LogP contribution in [0.5, 0.6) is 0 Å². The molecule has 0 radical (unpaired) electrons. The zero-order valence-corrected chi connectivity index (χ0v) is 31.1. The van der Waals surface area contributed by atoms with Crippen LogP contribution in [0.1, 0.15) is 219 Å². The van der Waals surface area contributed by atoms with Gasteiger partial charge in [-0.3, -0.25) is 4.79 Å². The van der Waals surface area contributed by atoms with E-state index in [2.05, 4.69) is 31.3 Å². The SMILES string of the molecule is CCCCCCCC/C=C/CCCCCCCCCCCCCC(=O)N[C@@H](CO)[C@@H](O)/C=C/CCCCCCCCCCCCC. The molecular formula is C42H81NO3. The summed E-state index contributed by atoms with van der Waals surface area (Å²) in [6, 6.07) is -0.618. The van der Waals surface area contributed by atoms with Gasteiger partial charge in [0.05, 0.1) is 18.8 Å². The highest BCUT2D eigenvalue weighted by Crippen LogP contribution is 2.14. The van der Waals surface area contributed by atoms with Crippen molar-refractivity contribution in [2.45, 2.75) is 231 Å². The Morgan fingerprint density at radius 1 is 0.500 bits per heavy atom. The molecule has 46 heavy (non-hydrogen) atoms. The zero-order valence-electron chi connectivity index (χ0n) is 31.1. The highest BCUT2D eigenvalue weighted by molar-refractivity contribution is 5.76. The van der Waals surface area contributed by atoms with E-state index in [1.54, 1.807) is 6.08 Å². The van der Waals surface area contributed by atoms with Crippen molar-refractivity contribution in [2.75, 3.05) is 6.61 Å². The molecule has 0 fully saturated rings. The number of aliphatic hydroxyl groups is 2. The molecule has 3 N–H and O–H groups in total. The summed E-state index contributed by atoms with van der Waals surface area (Å²) in [6.45, 7) is 4.30. The highest BCUT2D eigenvalue weighted by atomic mass is 16.3. The van der Waals surface area contributed by atoms with Crippen molar-refractivity contribution >= 4 is 5.91 Å². The molecular weight excluding hydrogens is 566 g/mol. The van der Waals surface area contributed by atoms with E-state index in [4.69, 9.17) is 0 Å². The van der Waals surface area contributed by atoms with Crippen LogP contribution >= 0.6 is 0 Å². The Hall–Kier alpha value is -1.13. The second-order valence-corrected chi connectivity index (χ2v) is 14.1. The Bertz CT molecular complexity index is 661. The maximum atomic E-state index is 12.3. The number of carbonyl (C=O) groups is 1. The number of carbonyl (C=O) groups excluding carboxylic acids is 1. The van der Waals surface area contributed by atoms with Crippen molar-refractivity contribution in [2.24, 2.45) is 0 Å². The topological polar surface area (TPSA) is 69.6 Å². The van der Waals surface area contributed by atoms with Crippen molar-refractivity contribution in [1.82, 2.24) is 5.32 Å². The van der Waals surface area contributed by atoms with Gasteiger partial charge in [0.1, 0.15) is 0 Å². The summed E-state index contributed by atoms with van der Waals surface area (Å²) < 4.78 is 0. The van der Waals surface area contributed by atoms with Gasteiger partial charge in [-0.1, -0.05) is 192 Å². The molecule has 0 unspecified atom stereocenters. The molecule has 4 nitrogen and oxygen atoms in total. The number of hydrogen-bond acceptors (Lipinski definition) is 3. The lowest BCUT2D eigenvalue weighted by atomic mass is 10.0. The van der Waals surface area contributed by atoms with Gasteiger partial charge in [0, 0.05) is 6.42 Å². The van der Waals surface area contributed by atoms with Crippen LogP contribution in [-0.2, 0) is 4.79 Å². The number of nitrogens with one attached hydrogen (secondary N) is 1. The quantitative estimate of drug-likeness (QED) is 0.0464. The van der Waals surface area contributed by atoms with E-state index in [1.165, 1.54) is 173 Å². The van der Waals surface area contributed by atoms with Gasteiger partial charge in [-0.25, -0.2) is 0 Å². The third kappa shape index (κ3) is 34.2. The lowest BCUT2D eigenvalue weighted by molar-refractivity contribution is -0.123. The van der Waals surface area contributed by atoms with Gasteiger partial charge in [-0.05, 0) is 44.9 Å². The lowest BCUT2D eigenvalue weighted by Gasteiger charge is -2.20. The number of hydrogen-bond donors (Lipinski definition) is 3. The molecule has 0 spiro atoms. The van der Waals surface area contributed by atoms with Crippen molar-refractivity contribution in [3.8, 4) is 0 Å². The minimum Gasteiger partial charge on any atom is -0.394 e. The van der Waals surface area contributed by atoms with Crippen molar-refractivity contribution in [1.29, 1.82) is 0 Å². The molecule has 0 aromatic rings. The molecule has 0 saturated heterocycles. The maximum absolute atomic E-state index is 12.3. The second kappa shape index (κ2) is 38.3. The summed E-state index contributed by atoms with van der Waals surface area (Å²) in [5, 5.41) is 22.9. The van der Waals surface area contributed by atoms with E-state index in [0.29, 0.717) is 6.42 Å². The van der Waals surface area contributed by atoms with Crippen molar-refractivity contribution < 1.29 is 15.0 Å². The Balaban J connectivity index is 3.55. The molecule has 0 aromatic heterocycles. The molecule has 0 saturated carbocycles. The first kappa shape index (κ1) is 44.9. The average Bonchev–Trinajstić information content (AvgIpc) is 3.06. The number of unbranched alkanes of at least 4 members (excludes halogenated alkanes) is 28. The van der Waals surface area contributed by atoms with Crippen LogP contribution in [0.2, 0.25) is 0 Å². The fraction of sp³-hybridized carbons (Fsp3) is 0.881. The standard InChI is InChI=1S/C42H81NO3/c1-3-5-7-9-11-13-15-17-18-19-20-21-22-23-24-26-28-30-32-34-36-38-42(46)43-40(39-44)41(45)37-35-33-31-29-27-25-16-14-12-10-8-6-4-2/h17-18,35,37,40-41,44-45H,3-16,19-34,36,38-39H2,1-2H3,(H,43,46)/b18-17+,37-35+/t40-,41-/m0/s1. The summed E-state index contributed by atoms with van der Waals surface area (Å²) in [6.07, 6.45) is 48.4. The Morgan fingerprint density at radius 2 is 0.826 bits per heavy atom. The second-order valence-electron chi connectivity index (χ2n) is 14.1. The Kier molecular flexibility index (Phi) is 37.4. The van der Waals surface area contributed by atoms with E-state index in [0.717, 1.165) is 25.7 Å². The van der Waals surface area contributed by atoms with Gasteiger partial charge < -0.3 is 15.5 Å². The van der Waals surface area contributed by atoms with E-state index in [-0.39, 0.29) is 12.5 Å². The van der Waals surface area contributed by atoms with Crippen LogP contribution in [0.4, 0.5) is 0 Å². The normalized spacial score (nSPS) is 13.2. The van der Waals surface area contributed by atoms with Crippen molar-refractivity contribution in [3.05, 3.63) is 24.3 Å². The summed E-state index contributed by atoms with van der Waals surface area (Å²) in [5.41, 5.74) is 0. The highest BCUT2D eigenvalue weighted by Gasteiger charge is 2.17. The first-order valence-corrected chi connectivity index (χ1v) is 20.6. The minimum atomic E-state index is -0.835. The number of allylic oxidation sites excluding steroid dienone is 3. The predicted octanol–water partition coefficient (Wildman–Crippen LogP) is 12.5. The van der Waals surface area contributed by atoms with Crippen LogP contribution in [0.15, 0.2) is 24.3 Å². The van der Waals surface area contributed by atoms with Crippen LogP contribution in [0, 0.1) is 0 Å². The van der Waals surface area contributed by atoms with Crippen LogP contribution in [0.25, 0.3) is 0 Å². The molecule has 0 aliphatic rings. The van der Waals surface area contributed by atoms with E-state index < -0.39 is 12.1 Å². The number of amides is 1. The summed E-state index contributed by atoms with van der Waals surface area (Å²) in [5.74, 6) is -0.0647. The van der Waals surface area contributed by atoms with Crippen molar-refractivity contribution in [3.63, 3.8) is 0 Å². The van der Waals surface area contributed by atoms with Gasteiger partial charge in [-0.2, -0.15) is 0 Å². The summed E-state index contributed by atoms with van der Waals surface area (Å²) in [4.78, 5) is 12.3. The fourth-order valence-electron chi connectivity index (χ4n) is 6.23. The van der Waals surface area contributed by atoms with Gasteiger partial charge in [0.2, 0.25) is 5.91 Å². The predicted molar refractivity (Wildman–Crippen MR) is 202 cm³/mol. The largest absolute Gasteiger partial charge is 0.394 e. The monoisotopic (exact) mass is 648 g/mol. The molecule has 2 atom stereocenters. The third-order valence-corrected chi connectivity index (χ3v) is 9.43. The molecule has 4 heteroatoms. The minimum absolute atomic E-state index is 0.0647. The third-order valence-electron chi connectivity index (χ3n) is 9.43. The smallest absolute Gasteiger partial charge is 0.220 e. The fourth-order valence-corrected chi connectivity index (χ4v) is 6.23. The van der Waals surface area contributed by atoms with E-state index in [1.807, 2.05) is 6.08 Å². The van der Waals surface area contributed by atoms with Gasteiger partial charge in [0.15, 0.2) is 0 Å². The molecule has 0 heterocycles. The van der Waals surface area contributed by atoms with E-state index in [9.17, 15) is 15.0 Å². The Labute approximate surface area is 288 Å². The molecule has 1 amide bonds. The Morgan fingerprint density at radius 3 is 1.20 bits per heavy atom. The van der Waals surface area contributed by atoms with Crippen LogP contribution in [0.3, 0.4) is 0 Å². The zero-order chi connectivity index (χ0) is 33.6. The molecule has 0 rings (SSSR count). The lowest BCUT2D eigenvalue weighted by Crippen LogP contribution is -2.45. The van der Waals surface area contributed by atoms with Crippen LogP contribution < -0.4 is 5.32 Å². The number of aliphatic hydroxyl groups excluding tert-OH is 2. The van der Waals surface area contributed by atoms with E-state index >= 15 is 0 Å². The first-order chi connectivity index (χ1) is 22.7. The van der Waals surface area contributed by atoms with Gasteiger partial charge in [0.25, 0.3) is 0 Å². The molecule has 0 aliphatic carbocycles. The molecule has 0 aliphatic heterocycles. The molecule has 272 valence electrons. The van der Waals surface area contributed by atoms with Crippen LogP contribution in [-0.4, -0.2) is 34.9 Å².